The Hall–Kier alpha value is -4.46. The number of benzene rings is 3. The van der Waals surface area contributed by atoms with Crippen LogP contribution in [0, 0.1) is 0 Å². The van der Waals surface area contributed by atoms with Crippen molar-refractivity contribution < 1.29 is 33.8 Å². The van der Waals surface area contributed by atoms with Crippen molar-refractivity contribution in [3.8, 4) is 11.5 Å². The summed E-state index contributed by atoms with van der Waals surface area (Å²) in [5.74, 6) is -1.21. The van der Waals surface area contributed by atoms with Gasteiger partial charge in [0, 0.05) is 18.5 Å². The zero-order chi connectivity index (χ0) is 32.8. The van der Waals surface area contributed by atoms with E-state index >= 15 is 0 Å². The fourth-order valence-corrected chi connectivity index (χ4v) is 4.67. The van der Waals surface area contributed by atoms with Crippen LogP contribution in [0.3, 0.4) is 0 Å². The van der Waals surface area contributed by atoms with Crippen molar-refractivity contribution in [3.63, 3.8) is 0 Å². The molecular weight excluding hydrogens is 570 g/mol. The summed E-state index contributed by atoms with van der Waals surface area (Å²) in [6, 6.07) is 20.9. The van der Waals surface area contributed by atoms with Gasteiger partial charge in [-0.2, -0.15) is 0 Å². The Morgan fingerprint density at radius 2 is 1.33 bits per heavy atom. The number of esters is 1. The Bertz CT molecular complexity index is 1410. The van der Waals surface area contributed by atoms with Crippen LogP contribution in [-0.2, 0) is 21.5 Å². The lowest BCUT2D eigenvalue weighted by Crippen LogP contribution is -2.35. The molecule has 240 valence electrons. The molecule has 0 aliphatic carbocycles. The number of unbranched alkanes of at least 4 members (excludes halogenated alkanes) is 4. The van der Waals surface area contributed by atoms with Crippen LogP contribution in [0.5, 0.6) is 11.5 Å². The second kappa shape index (κ2) is 17.1. The number of carbonyl (C=O) groups excluding carboxylic acids is 3. The van der Waals surface area contributed by atoms with Crippen molar-refractivity contribution in [1.82, 2.24) is 4.90 Å². The predicted molar refractivity (Wildman–Crippen MR) is 174 cm³/mol. The van der Waals surface area contributed by atoms with E-state index in [-0.39, 0.29) is 43.0 Å². The van der Waals surface area contributed by atoms with Crippen LogP contribution in [0.25, 0.3) is 0 Å². The number of carboxylic acids is 1. The van der Waals surface area contributed by atoms with Gasteiger partial charge in [0.2, 0.25) is 0 Å². The second-order valence-electron chi connectivity index (χ2n) is 12.2. The summed E-state index contributed by atoms with van der Waals surface area (Å²) in [5.41, 5.74) is 2.54. The van der Waals surface area contributed by atoms with Gasteiger partial charge in [0.25, 0.3) is 5.91 Å². The summed E-state index contributed by atoms with van der Waals surface area (Å²) in [4.78, 5) is 51.1. The fraction of sp³-hybridized carbons (Fsp3) is 0.405. The molecule has 0 saturated heterocycles. The van der Waals surface area contributed by atoms with Crippen molar-refractivity contribution in [2.75, 3.05) is 13.2 Å². The quantitative estimate of drug-likeness (QED) is 0.0944. The van der Waals surface area contributed by atoms with Crippen LogP contribution in [0.15, 0.2) is 72.8 Å². The maximum absolute atomic E-state index is 13.5. The molecule has 0 unspecified atom stereocenters. The van der Waals surface area contributed by atoms with E-state index < -0.39 is 11.9 Å². The fourth-order valence-electron chi connectivity index (χ4n) is 4.67. The third-order valence-electron chi connectivity index (χ3n) is 7.38. The SMILES string of the molecule is CCCCCCCOc1ccc(C(=O)Oc2ccc(CN(CC(=O)CCC(=O)O)C(=O)c3ccc(C(C)(C)C)cc3)cc2)cc1. The Morgan fingerprint density at radius 1 is 0.733 bits per heavy atom. The summed E-state index contributed by atoms with van der Waals surface area (Å²) >= 11 is 0. The van der Waals surface area contributed by atoms with Crippen LogP contribution in [0.2, 0.25) is 0 Å². The lowest BCUT2D eigenvalue weighted by atomic mass is 9.86. The van der Waals surface area contributed by atoms with Gasteiger partial charge in [0.05, 0.1) is 25.1 Å². The highest BCUT2D eigenvalue weighted by Crippen LogP contribution is 2.23. The van der Waals surface area contributed by atoms with Gasteiger partial charge in [0.1, 0.15) is 11.5 Å². The van der Waals surface area contributed by atoms with Crippen molar-refractivity contribution >= 4 is 23.6 Å². The minimum Gasteiger partial charge on any atom is -0.494 e. The number of ether oxygens (including phenoxy) is 2. The molecule has 0 aromatic heterocycles. The topological polar surface area (TPSA) is 110 Å². The Balaban J connectivity index is 1.62. The van der Waals surface area contributed by atoms with Crippen molar-refractivity contribution in [3.05, 3.63) is 95.1 Å². The molecule has 0 aliphatic rings. The van der Waals surface area contributed by atoms with Crippen LogP contribution in [0.1, 0.15) is 104 Å². The van der Waals surface area contributed by atoms with E-state index in [9.17, 15) is 19.2 Å². The molecule has 0 atom stereocenters. The first-order valence-corrected chi connectivity index (χ1v) is 15.6. The van der Waals surface area contributed by atoms with Gasteiger partial charge < -0.3 is 19.5 Å². The van der Waals surface area contributed by atoms with E-state index in [1.165, 1.54) is 24.2 Å². The van der Waals surface area contributed by atoms with Gasteiger partial charge in [-0.05, 0) is 71.5 Å². The van der Waals surface area contributed by atoms with Crippen LogP contribution < -0.4 is 9.47 Å². The van der Waals surface area contributed by atoms with E-state index in [1.807, 2.05) is 12.1 Å². The van der Waals surface area contributed by atoms with Gasteiger partial charge in [-0.3, -0.25) is 14.4 Å². The van der Waals surface area contributed by atoms with Gasteiger partial charge in [0.15, 0.2) is 5.78 Å². The number of aliphatic carboxylic acids is 1. The lowest BCUT2D eigenvalue weighted by molar-refractivity contribution is -0.138. The maximum atomic E-state index is 13.5. The lowest BCUT2D eigenvalue weighted by Gasteiger charge is -2.23. The number of carboxylic acid groups (broad SMARTS) is 1. The van der Waals surface area contributed by atoms with E-state index in [4.69, 9.17) is 14.6 Å². The Labute approximate surface area is 266 Å². The maximum Gasteiger partial charge on any atom is 0.343 e. The number of nitrogens with zero attached hydrogens (tertiary/aromatic N) is 1. The number of hydrogen-bond donors (Lipinski definition) is 1. The average Bonchev–Trinajstić information content (AvgIpc) is 3.02. The molecule has 45 heavy (non-hydrogen) atoms. The molecule has 0 radical (unpaired) electrons. The molecule has 0 spiro atoms. The molecule has 3 rings (SSSR count). The molecule has 0 bridgehead atoms. The molecule has 8 heteroatoms. The largest absolute Gasteiger partial charge is 0.494 e. The van der Waals surface area contributed by atoms with Gasteiger partial charge >= 0.3 is 11.9 Å². The van der Waals surface area contributed by atoms with E-state index in [2.05, 4.69) is 27.7 Å². The summed E-state index contributed by atoms with van der Waals surface area (Å²) in [6.45, 7) is 8.98. The van der Waals surface area contributed by atoms with Crippen molar-refractivity contribution in [2.45, 2.75) is 84.6 Å². The molecule has 0 aliphatic heterocycles. The van der Waals surface area contributed by atoms with Gasteiger partial charge in [-0.15, -0.1) is 0 Å². The highest BCUT2D eigenvalue weighted by molar-refractivity contribution is 5.97. The predicted octanol–water partition coefficient (Wildman–Crippen LogP) is 7.63. The molecule has 3 aromatic rings. The number of amides is 1. The highest BCUT2D eigenvalue weighted by Gasteiger charge is 2.21. The number of rotatable bonds is 17. The standard InChI is InChI=1S/C37H45NO7/c1-5-6-7-8-9-24-44-32-21-14-29(15-22-32)36(43)45-33-19-10-27(11-20-33)25-38(26-31(39)18-23-34(40)41)35(42)28-12-16-30(17-13-28)37(2,3)4/h10-17,19-22H,5-9,18,23-26H2,1-4H3,(H,40,41). The van der Waals surface area contributed by atoms with Crippen LogP contribution in [-0.4, -0.2) is 46.8 Å². The van der Waals surface area contributed by atoms with Gasteiger partial charge in [-0.1, -0.05) is 77.6 Å². The van der Waals surface area contributed by atoms with Crippen LogP contribution >= 0.6 is 0 Å². The molecule has 3 aromatic carbocycles. The van der Waals surface area contributed by atoms with E-state index in [1.54, 1.807) is 60.7 Å². The molecular formula is C37H45NO7. The summed E-state index contributed by atoms with van der Waals surface area (Å²) < 4.78 is 11.3. The highest BCUT2D eigenvalue weighted by atomic mass is 16.5. The van der Waals surface area contributed by atoms with E-state index in [0.717, 1.165) is 24.0 Å². The molecule has 1 amide bonds. The number of carbonyl (C=O) groups is 4. The third-order valence-corrected chi connectivity index (χ3v) is 7.38. The zero-order valence-corrected chi connectivity index (χ0v) is 26.8. The Kier molecular flexibility index (Phi) is 13.3. The number of hydrogen-bond acceptors (Lipinski definition) is 6. The Morgan fingerprint density at radius 3 is 1.93 bits per heavy atom. The third kappa shape index (κ3) is 11.9. The van der Waals surface area contributed by atoms with Crippen LogP contribution in [0.4, 0.5) is 0 Å². The normalized spacial score (nSPS) is 11.1. The van der Waals surface area contributed by atoms with Crippen molar-refractivity contribution in [2.24, 2.45) is 0 Å². The summed E-state index contributed by atoms with van der Waals surface area (Å²) in [6.07, 6.45) is 5.33. The second-order valence-corrected chi connectivity index (χ2v) is 12.2. The first-order chi connectivity index (χ1) is 21.5. The minimum atomic E-state index is -1.07. The van der Waals surface area contributed by atoms with E-state index in [0.29, 0.717) is 29.2 Å². The number of ketones is 1. The number of Topliss-reactive ketones (excluding diaryl/α,β-unsaturated/α-hetero) is 1. The molecule has 0 heterocycles. The first kappa shape index (κ1) is 35.0. The molecule has 8 nitrogen and oxygen atoms in total. The zero-order valence-electron chi connectivity index (χ0n) is 26.8. The first-order valence-electron chi connectivity index (χ1n) is 15.6. The molecule has 0 fully saturated rings. The summed E-state index contributed by atoms with van der Waals surface area (Å²) in [5, 5.41) is 8.97. The van der Waals surface area contributed by atoms with Gasteiger partial charge in [-0.25, -0.2) is 4.79 Å². The smallest absolute Gasteiger partial charge is 0.343 e. The monoisotopic (exact) mass is 615 g/mol. The van der Waals surface area contributed by atoms with Crippen molar-refractivity contribution in [1.29, 1.82) is 0 Å². The minimum absolute atomic E-state index is 0.0790. The summed E-state index contributed by atoms with van der Waals surface area (Å²) in [7, 11) is 0. The molecule has 1 N–H and O–H groups in total. The molecule has 0 saturated carbocycles. The average molecular weight is 616 g/mol.